The third kappa shape index (κ3) is 3.62. The average molecular weight is 461 g/mol. The Balaban J connectivity index is 1.66. The summed E-state index contributed by atoms with van der Waals surface area (Å²) in [7, 11) is 0. The summed E-state index contributed by atoms with van der Waals surface area (Å²) in [6.45, 7) is 6.66. The Morgan fingerprint density at radius 2 is 1.85 bits per heavy atom. The molecule has 0 unspecified atom stereocenters. The lowest BCUT2D eigenvalue weighted by Crippen LogP contribution is -2.29. The maximum Gasteiger partial charge on any atom is 0.297 e. The van der Waals surface area contributed by atoms with Crippen LogP contribution in [-0.4, -0.2) is 17.5 Å². The number of benzene rings is 2. The third-order valence-electron chi connectivity index (χ3n) is 5.96. The summed E-state index contributed by atoms with van der Waals surface area (Å²) in [6, 6.07) is 14.0. The number of carbonyl (C=O) groups excluding carboxylic acids is 1. The number of thiazole rings is 1. The molecular weight excluding hydrogens is 436 g/mol. The van der Waals surface area contributed by atoms with Gasteiger partial charge in [0.1, 0.15) is 11.3 Å². The van der Waals surface area contributed by atoms with Crippen molar-refractivity contribution >= 4 is 33.3 Å². The quantitative estimate of drug-likeness (QED) is 0.340. The van der Waals surface area contributed by atoms with Crippen LogP contribution in [0.15, 0.2) is 57.7 Å². The second kappa shape index (κ2) is 8.48. The lowest BCUT2D eigenvalue weighted by Gasteiger charge is -2.22. The molecule has 0 aliphatic carbocycles. The minimum atomic E-state index is -0.622. The number of fused-ring (bicyclic) bond motifs is 2. The fourth-order valence-corrected chi connectivity index (χ4v) is 5.01. The van der Waals surface area contributed by atoms with Crippen LogP contribution in [0.25, 0.3) is 11.0 Å². The molecule has 1 amide bonds. The smallest absolute Gasteiger partial charge is 0.297 e. The Kier molecular flexibility index (Phi) is 5.50. The number of unbranched alkanes of at least 4 members (excludes halogenated alkanes) is 1. The molecule has 0 spiro atoms. The van der Waals surface area contributed by atoms with Gasteiger partial charge in [0.2, 0.25) is 5.76 Å². The molecular formula is C26H24N2O4S. The molecule has 0 fully saturated rings. The number of carbonyl (C=O) groups is 1. The summed E-state index contributed by atoms with van der Waals surface area (Å²) in [5.41, 5.74) is 2.23. The van der Waals surface area contributed by atoms with Gasteiger partial charge >= 0.3 is 0 Å². The molecule has 0 bridgehead atoms. The molecule has 0 radical (unpaired) electrons. The highest BCUT2D eigenvalue weighted by Gasteiger charge is 2.45. The van der Waals surface area contributed by atoms with Crippen LogP contribution in [0.4, 0.5) is 5.13 Å². The normalized spacial score (nSPS) is 15.3. The van der Waals surface area contributed by atoms with Gasteiger partial charge in [-0.1, -0.05) is 37.6 Å². The first-order chi connectivity index (χ1) is 16.0. The highest BCUT2D eigenvalue weighted by atomic mass is 32.1. The van der Waals surface area contributed by atoms with E-state index in [9.17, 15) is 9.59 Å². The van der Waals surface area contributed by atoms with Crippen molar-refractivity contribution in [1.29, 1.82) is 0 Å². The molecule has 7 heteroatoms. The van der Waals surface area contributed by atoms with Gasteiger partial charge in [-0.2, -0.15) is 0 Å². The summed E-state index contributed by atoms with van der Waals surface area (Å²) >= 11 is 1.44. The summed E-state index contributed by atoms with van der Waals surface area (Å²) in [6.07, 6.45) is 2.04. The Morgan fingerprint density at radius 3 is 2.55 bits per heavy atom. The summed E-state index contributed by atoms with van der Waals surface area (Å²) in [4.78, 5) is 34.4. The predicted molar refractivity (Wildman–Crippen MR) is 130 cm³/mol. The number of para-hydroxylation sites is 1. The number of aromatic nitrogens is 1. The molecule has 0 saturated heterocycles. The standard InChI is InChI=1S/C26H24N2O4S/c1-4-5-14-31-18-12-10-17(11-13-18)22-21-23(29)19-8-6-7-9-20(19)32-24(21)25(30)28(22)26-27-15(2)16(3)33-26/h6-13,22H,4-5,14H2,1-3H3/t22-/m1/s1. The van der Waals surface area contributed by atoms with Crippen molar-refractivity contribution in [2.45, 2.75) is 39.7 Å². The van der Waals surface area contributed by atoms with Gasteiger partial charge in [-0.25, -0.2) is 4.98 Å². The highest BCUT2D eigenvalue weighted by molar-refractivity contribution is 7.15. The average Bonchev–Trinajstić information content (AvgIpc) is 3.30. The zero-order valence-electron chi connectivity index (χ0n) is 18.8. The number of rotatable bonds is 6. The molecule has 168 valence electrons. The van der Waals surface area contributed by atoms with Crippen LogP contribution in [0.1, 0.15) is 58.1 Å². The van der Waals surface area contributed by atoms with Crippen LogP contribution in [-0.2, 0) is 0 Å². The van der Waals surface area contributed by atoms with Crippen molar-refractivity contribution in [2.24, 2.45) is 0 Å². The molecule has 3 heterocycles. The lowest BCUT2D eigenvalue weighted by molar-refractivity contribution is 0.0971. The van der Waals surface area contributed by atoms with Crippen molar-refractivity contribution in [2.75, 3.05) is 11.5 Å². The maximum atomic E-state index is 13.6. The molecule has 5 rings (SSSR count). The van der Waals surface area contributed by atoms with E-state index in [-0.39, 0.29) is 17.1 Å². The van der Waals surface area contributed by atoms with Gasteiger partial charge in [-0.3, -0.25) is 14.5 Å². The van der Waals surface area contributed by atoms with Crippen LogP contribution >= 0.6 is 11.3 Å². The zero-order valence-corrected chi connectivity index (χ0v) is 19.6. The highest BCUT2D eigenvalue weighted by Crippen LogP contribution is 2.43. The molecule has 1 aliphatic heterocycles. The van der Waals surface area contributed by atoms with E-state index in [1.54, 1.807) is 29.2 Å². The van der Waals surface area contributed by atoms with Gasteiger partial charge in [0.15, 0.2) is 10.6 Å². The van der Waals surface area contributed by atoms with E-state index >= 15 is 0 Å². The number of anilines is 1. The van der Waals surface area contributed by atoms with Gasteiger partial charge in [0.25, 0.3) is 5.91 Å². The Bertz CT molecular complexity index is 1380. The number of ether oxygens (including phenoxy) is 1. The summed E-state index contributed by atoms with van der Waals surface area (Å²) < 4.78 is 11.8. The topological polar surface area (TPSA) is 72.6 Å². The molecule has 2 aromatic carbocycles. The molecule has 6 nitrogen and oxygen atoms in total. The van der Waals surface area contributed by atoms with E-state index < -0.39 is 6.04 Å². The number of hydrogen-bond donors (Lipinski definition) is 0. The van der Waals surface area contributed by atoms with E-state index in [1.165, 1.54) is 11.3 Å². The summed E-state index contributed by atoms with van der Waals surface area (Å²) in [5.74, 6) is 0.488. The van der Waals surface area contributed by atoms with Crippen molar-refractivity contribution in [1.82, 2.24) is 4.98 Å². The molecule has 33 heavy (non-hydrogen) atoms. The SMILES string of the molecule is CCCCOc1ccc([C@@H]2c3c(oc4ccccc4c3=O)C(=O)N2c2nc(C)c(C)s2)cc1. The third-order valence-corrected chi connectivity index (χ3v) is 7.04. The lowest BCUT2D eigenvalue weighted by atomic mass is 9.98. The maximum absolute atomic E-state index is 13.6. The molecule has 1 atom stereocenters. The first-order valence-corrected chi connectivity index (χ1v) is 11.9. The first-order valence-electron chi connectivity index (χ1n) is 11.1. The minimum absolute atomic E-state index is 0.0810. The van der Waals surface area contributed by atoms with Crippen LogP contribution < -0.4 is 15.1 Å². The Hall–Kier alpha value is -3.45. The largest absolute Gasteiger partial charge is 0.494 e. The van der Waals surface area contributed by atoms with Crippen molar-refractivity contribution < 1.29 is 13.9 Å². The van der Waals surface area contributed by atoms with Crippen molar-refractivity contribution in [3.63, 3.8) is 0 Å². The van der Waals surface area contributed by atoms with Gasteiger partial charge in [0.05, 0.1) is 29.3 Å². The Morgan fingerprint density at radius 1 is 1.09 bits per heavy atom. The van der Waals surface area contributed by atoms with Crippen LogP contribution in [0.5, 0.6) is 5.75 Å². The molecule has 2 aromatic heterocycles. The first kappa shape index (κ1) is 21.4. The van der Waals surface area contributed by atoms with Gasteiger partial charge < -0.3 is 9.15 Å². The van der Waals surface area contributed by atoms with E-state index in [4.69, 9.17) is 9.15 Å². The minimum Gasteiger partial charge on any atom is -0.494 e. The second-order valence-corrected chi connectivity index (χ2v) is 9.34. The fourth-order valence-electron chi connectivity index (χ4n) is 4.07. The second-order valence-electron chi connectivity index (χ2n) is 8.16. The molecule has 0 saturated carbocycles. The predicted octanol–water partition coefficient (Wildman–Crippen LogP) is 5.80. The number of aryl methyl sites for hydroxylation is 2. The van der Waals surface area contributed by atoms with Gasteiger partial charge in [-0.05, 0) is 50.1 Å². The number of nitrogens with zero attached hydrogens (tertiary/aromatic N) is 2. The molecule has 4 aromatic rings. The van der Waals surface area contributed by atoms with E-state index in [0.29, 0.717) is 28.3 Å². The van der Waals surface area contributed by atoms with Crippen LogP contribution in [0.3, 0.4) is 0 Å². The van der Waals surface area contributed by atoms with Crippen LogP contribution in [0, 0.1) is 13.8 Å². The van der Waals surface area contributed by atoms with Gasteiger partial charge in [-0.15, -0.1) is 11.3 Å². The zero-order chi connectivity index (χ0) is 23.1. The molecule has 0 N–H and O–H groups in total. The van der Waals surface area contributed by atoms with E-state index in [0.717, 1.165) is 34.7 Å². The number of amides is 1. The monoisotopic (exact) mass is 460 g/mol. The van der Waals surface area contributed by atoms with Crippen molar-refractivity contribution in [3.8, 4) is 5.75 Å². The van der Waals surface area contributed by atoms with Gasteiger partial charge in [0, 0.05) is 4.88 Å². The van der Waals surface area contributed by atoms with E-state index in [2.05, 4.69) is 11.9 Å². The van der Waals surface area contributed by atoms with E-state index in [1.807, 2.05) is 38.1 Å². The molecule has 1 aliphatic rings. The fraction of sp³-hybridized carbons (Fsp3) is 0.269. The number of hydrogen-bond acceptors (Lipinski definition) is 6. The summed E-state index contributed by atoms with van der Waals surface area (Å²) in [5, 5.41) is 1.01. The van der Waals surface area contributed by atoms with Crippen molar-refractivity contribution in [3.05, 3.63) is 86.2 Å². The van der Waals surface area contributed by atoms with Crippen LogP contribution in [0.2, 0.25) is 0 Å². The Labute approximate surface area is 195 Å².